The molecule has 1 aromatic rings. The highest BCUT2D eigenvalue weighted by Crippen LogP contribution is 2.41. The minimum atomic E-state index is -2.16. The van der Waals surface area contributed by atoms with Crippen molar-refractivity contribution in [2.24, 2.45) is 0 Å². The minimum Gasteiger partial charge on any atom is -0.465 e. The number of methoxy groups -OCH3 is 1. The molecule has 0 aliphatic carbocycles. The van der Waals surface area contributed by atoms with E-state index in [0.29, 0.717) is 10.6 Å². The molecule has 0 saturated heterocycles. The molecule has 0 aromatic heterocycles. The molecule has 0 N–H and O–H groups in total. The van der Waals surface area contributed by atoms with Gasteiger partial charge in [0.05, 0.1) is 18.7 Å². The molecule has 0 amide bonds. The summed E-state index contributed by atoms with van der Waals surface area (Å²) in [7, 11) is 2.93. The summed E-state index contributed by atoms with van der Waals surface area (Å²) in [5, 5.41) is 0.451. The predicted octanol–water partition coefficient (Wildman–Crippen LogP) is 4.25. The molecule has 1 atom stereocenters. The van der Waals surface area contributed by atoms with Crippen molar-refractivity contribution in [3.05, 3.63) is 58.3 Å². The van der Waals surface area contributed by atoms with Crippen LogP contribution in [0.4, 0.5) is 0 Å². The quantitative estimate of drug-likeness (QED) is 0.554. The molecule has 0 saturated carbocycles. The highest BCUT2D eigenvalue weighted by Gasteiger charge is 2.40. The van der Waals surface area contributed by atoms with Crippen molar-refractivity contribution in [1.29, 1.82) is 0 Å². The molecule has 4 nitrogen and oxygen atoms in total. The molecule has 8 heteroatoms. The topological polar surface area (TPSA) is 46.6 Å². The van der Waals surface area contributed by atoms with Crippen molar-refractivity contribution in [1.82, 2.24) is 4.90 Å². The van der Waals surface area contributed by atoms with Gasteiger partial charge < -0.3 is 9.64 Å². The maximum atomic E-state index is 12.6. The molecule has 1 aromatic carbocycles. The van der Waals surface area contributed by atoms with E-state index in [9.17, 15) is 9.59 Å². The highest BCUT2D eigenvalue weighted by molar-refractivity contribution is 6.77. The number of hydrogen-bond acceptors (Lipinski definition) is 4. The van der Waals surface area contributed by atoms with Gasteiger partial charge in [0.1, 0.15) is 0 Å². The van der Waals surface area contributed by atoms with Crippen LogP contribution in [0.5, 0.6) is 0 Å². The summed E-state index contributed by atoms with van der Waals surface area (Å²) in [6.45, 7) is 0. The van der Waals surface area contributed by atoms with Gasteiger partial charge in [0.2, 0.25) is 5.78 Å². The maximum absolute atomic E-state index is 12.6. The lowest BCUT2D eigenvalue weighted by molar-refractivity contribution is -0.135. The number of ether oxygens (including phenoxy) is 1. The first-order valence-electron chi connectivity index (χ1n) is 6.76. The molecular weight excluding hydrogens is 396 g/mol. The van der Waals surface area contributed by atoms with E-state index in [1.165, 1.54) is 13.2 Å². The van der Waals surface area contributed by atoms with Crippen LogP contribution in [0.3, 0.4) is 0 Å². The molecule has 0 fully saturated rings. The number of likely N-dealkylation sites (N-methyl/N-ethyl adjacent to an activating group) is 1. The third-order valence-corrected chi connectivity index (χ3v) is 4.36. The Morgan fingerprint density at radius 1 is 1.21 bits per heavy atom. The van der Waals surface area contributed by atoms with Crippen molar-refractivity contribution in [3.8, 4) is 0 Å². The van der Waals surface area contributed by atoms with Gasteiger partial charge in [0.15, 0.2) is 0 Å². The third kappa shape index (κ3) is 3.89. The van der Waals surface area contributed by atoms with Crippen molar-refractivity contribution in [2.45, 2.75) is 9.83 Å². The van der Waals surface area contributed by atoms with E-state index in [2.05, 4.69) is 0 Å². The van der Waals surface area contributed by atoms with Crippen LogP contribution in [-0.4, -0.2) is 34.6 Å². The van der Waals surface area contributed by atoms with Gasteiger partial charge in [-0.3, -0.25) is 4.79 Å². The molecule has 1 aliphatic heterocycles. The number of benzene rings is 1. The van der Waals surface area contributed by atoms with Crippen LogP contribution in [-0.2, 0) is 14.3 Å². The van der Waals surface area contributed by atoms with Gasteiger partial charge in [-0.25, -0.2) is 4.79 Å². The highest BCUT2D eigenvalue weighted by atomic mass is 35.6. The zero-order chi connectivity index (χ0) is 18.1. The molecule has 0 spiro atoms. The number of esters is 1. The maximum Gasteiger partial charge on any atom is 0.339 e. The summed E-state index contributed by atoms with van der Waals surface area (Å²) >= 11 is 23.6. The number of rotatable bonds is 3. The summed E-state index contributed by atoms with van der Waals surface area (Å²) < 4.78 is 2.54. The smallest absolute Gasteiger partial charge is 0.339 e. The summed E-state index contributed by atoms with van der Waals surface area (Å²) in [6, 6.07) is 6.41. The molecule has 24 heavy (non-hydrogen) atoms. The Labute approximate surface area is 159 Å². The average molecular weight is 409 g/mol. The molecular formula is C16H13Cl4NO3. The van der Waals surface area contributed by atoms with Crippen molar-refractivity contribution >= 4 is 58.2 Å². The zero-order valence-corrected chi connectivity index (χ0v) is 15.7. The lowest BCUT2D eigenvalue weighted by atomic mass is 9.90. The zero-order valence-electron chi connectivity index (χ0n) is 12.7. The first-order chi connectivity index (χ1) is 11.2. The molecule has 0 radical (unpaired) electrons. The van der Waals surface area contributed by atoms with Gasteiger partial charge in [-0.2, -0.15) is 0 Å². The molecule has 2 rings (SSSR count). The van der Waals surface area contributed by atoms with E-state index in [0.717, 1.165) is 0 Å². The summed E-state index contributed by atoms with van der Waals surface area (Å²) in [5.41, 5.74) is 0.949. The normalized spacial score (nSPS) is 17.9. The van der Waals surface area contributed by atoms with Crippen molar-refractivity contribution in [2.75, 3.05) is 14.2 Å². The number of hydrogen-bond donors (Lipinski definition) is 0. The predicted molar refractivity (Wildman–Crippen MR) is 95.4 cm³/mol. The van der Waals surface area contributed by atoms with Crippen LogP contribution in [0.2, 0.25) is 5.02 Å². The lowest BCUT2D eigenvalue weighted by Crippen LogP contribution is -2.34. The van der Waals surface area contributed by atoms with Crippen LogP contribution >= 0.6 is 46.4 Å². The summed E-state index contributed by atoms with van der Waals surface area (Å²) in [4.78, 5) is 26.1. The van der Waals surface area contributed by atoms with Gasteiger partial charge in [0.25, 0.3) is 3.79 Å². The van der Waals surface area contributed by atoms with E-state index in [1.807, 2.05) is 0 Å². The second-order valence-electron chi connectivity index (χ2n) is 5.09. The molecule has 1 aliphatic rings. The Morgan fingerprint density at radius 3 is 2.38 bits per heavy atom. The van der Waals surface area contributed by atoms with Crippen LogP contribution in [0.25, 0.3) is 0 Å². The van der Waals surface area contributed by atoms with E-state index in [1.54, 1.807) is 42.4 Å². The number of halogens is 4. The Hall–Kier alpha value is -1.20. The lowest BCUT2D eigenvalue weighted by Gasteiger charge is -2.34. The number of alkyl halides is 3. The van der Waals surface area contributed by atoms with Gasteiger partial charge in [-0.05, 0) is 17.7 Å². The van der Waals surface area contributed by atoms with Crippen molar-refractivity contribution < 1.29 is 14.3 Å². The number of nitrogens with zero attached hydrogens (tertiary/aromatic N) is 1. The van der Waals surface area contributed by atoms with Gasteiger partial charge in [-0.15, -0.1) is 0 Å². The van der Waals surface area contributed by atoms with Crippen LogP contribution in [0.1, 0.15) is 11.6 Å². The number of ketones is 1. The first kappa shape index (κ1) is 19.1. The van der Waals surface area contributed by atoms with Gasteiger partial charge >= 0.3 is 5.97 Å². The van der Waals surface area contributed by atoms with Gasteiger partial charge in [-0.1, -0.05) is 64.6 Å². The van der Waals surface area contributed by atoms with E-state index in [4.69, 9.17) is 51.1 Å². The Balaban J connectivity index is 2.60. The fourth-order valence-corrected chi connectivity index (χ4v) is 3.03. The molecule has 128 valence electrons. The number of Topliss-reactive ketones (excluding diaryl/α,β-unsaturated/α-hetero) is 1. The Morgan fingerprint density at radius 2 is 1.83 bits per heavy atom. The molecule has 1 heterocycles. The monoisotopic (exact) mass is 407 g/mol. The van der Waals surface area contributed by atoms with E-state index < -0.39 is 21.6 Å². The SMILES string of the molecule is COC(=O)C1=CN(C)C(c2ccccc2Cl)C(C(=O)C(Cl)(Cl)Cl)=C1. The van der Waals surface area contributed by atoms with Crippen molar-refractivity contribution in [3.63, 3.8) is 0 Å². The van der Waals surface area contributed by atoms with Crippen LogP contribution in [0, 0.1) is 0 Å². The van der Waals surface area contributed by atoms with E-state index in [-0.39, 0.29) is 11.1 Å². The molecule has 1 unspecified atom stereocenters. The van der Waals surface area contributed by atoms with Crippen LogP contribution in [0.15, 0.2) is 47.7 Å². The summed E-state index contributed by atoms with van der Waals surface area (Å²) in [5.74, 6) is -1.34. The number of carbonyl (C=O) groups is 2. The van der Waals surface area contributed by atoms with Crippen LogP contribution < -0.4 is 0 Å². The number of carbonyl (C=O) groups excluding carboxylic acids is 2. The average Bonchev–Trinajstić information content (AvgIpc) is 2.52. The second-order valence-corrected chi connectivity index (χ2v) is 7.78. The Bertz CT molecular complexity index is 737. The minimum absolute atomic E-state index is 0.133. The first-order valence-corrected chi connectivity index (χ1v) is 8.27. The fourth-order valence-electron chi connectivity index (χ4n) is 2.46. The van der Waals surface area contributed by atoms with E-state index >= 15 is 0 Å². The second kappa shape index (κ2) is 7.36. The van der Waals surface area contributed by atoms with Gasteiger partial charge in [0, 0.05) is 23.8 Å². The summed E-state index contributed by atoms with van der Waals surface area (Å²) in [6.07, 6.45) is 2.92. The third-order valence-electron chi connectivity index (χ3n) is 3.50. The fraction of sp³-hybridized carbons (Fsp3) is 0.250. The standard InChI is InChI=1S/C16H13Cl4NO3/c1-21-8-9(15(23)24-2)7-11(14(22)16(18,19)20)13(21)10-5-3-4-6-12(10)17/h3-8,13H,1-2H3. The Kier molecular flexibility index (Phi) is 5.87. The molecule has 0 bridgehead atoms. The largest absolute Gasteiger partial charge is 0.465 e.